The van der Waals surface area contributed by atoms with Gasteiger partial charge in [0.2, 0.25) is 0 Å². The van der Waals surface area contributed by atoms with E-state index in [4.69, 9.17) is 32.7 Å². The maximum Gasteiger partial charge on any atom is 0.419 e. The van der Waals surface area contributed by atoms with Gasteiger partial charge in [-0.2, -0.15) is 0 Å². The molecule has 0 spiro atoms. The average Bonchev–Trinajstić information content (AvgIpc) is 2.67. The van der Waals surface area contributed by atoms with E-state index in [1.54, 1.807) is 25.1 Å². The van der Waals surface area contributed by atoms with Crippen molar-refractivity contribution in [1.82, 2.24) is 4.90 Å². The maximum atomic E-state index is 11.8. The number of benzene rings is 1. The zero-order chi connectivity index (χ0) is 14.2. The van der Waals surface area contributed by atoms with E-state index in [1.165, 1.54) is 7.11 Å². The number of cyclic esters (lactones) is 1. The molecule has 2 rings (SSSR count). The number of carbonyl (C=O) groups excluding carboxylic acids is 2. The molecule has 2 amide bonds. The third-order valence-corrected chi connectivity index (χ3v) is 3.41. The van der Waals surface area contributed by atoms with Crippen LogP contribution in [0.3, 0.4) is 0 Å². The molecule has 1 fully saturated rings. The first-order valence-electron chi connectivity index (χ1n) is 5.40. The van der Waals surface area contributed by atoms with Crippen LogP contribution in [0.5, 0.6) is 0 Å². The summed E-state index contributed by atoms with van der Waals surface area (Å²) in [7, 11) is 1.38. The van der Waals surface area contributed by atoms with Gasteiger partial charge in [0.1, 0.15) is 0 Å². The van der Waals surface area contributed by atoms with E-state index in [-0.39, 0.29) is 6.61 Å². The number of methoxy groups -OCH3 is 1. The molecule has 1 aliphatic heterocycles. The summed E-state index contributed by atoms with van der Waals surface area (Å²) in [6, 6.07) is 4.71. The predicted molar refractivity (Wildman–Crippen MR) is 69.0 cm³/mol. The molecule has 1 aliphatic rings. The summed E-state index contributed by atoms with van der Waals surface area (Å²) in [5.74, 6) is -0.481. The summed E-state index contributed by atoms with van der Waals surface area (Å²) in [6.07, 6.45) is -0.759. The summed E-state index contributed by atoms with van der Waals surface area (Å²) in [5.41, 5.74) is -0.834. The van der Waals surface area contributed by atoms with Crippen LogP contribution in [0.4, 0.5) is 4.79 Å². The maximum absolute atomic E-state index is 11.8. The zero-order valence-corrected chi connectivity index (χ0v) is 11.8. The minimum Gasteiger partial charge on any atom is -0.439 e. The molecule has 0 radical (unpaired) electrons. The molecule has 5 nitrogen and oxygen atoms in total. The van der Waals surface area contributed by atoms with Gasteiger partial charge in [-0.25, -0.2) is 9.69 Å². The molecule has 7 heteroatoms. The Labute approximate surface area is 120 Å². The number of hydrogen-bond acceptors (Lipinski definition) is 4. The second-order valence-electron chi connectivity index (χ2n) is 4.13. The molecule has 1 unspecified atom stereocenters. The number of ether oxygens (including phenoxy) is 2. The molecule has 102 valence electrons. The fourth-order valence-electron chi connectivity index (χ4n) is 1.93. The van der Waals surface area contributed by atoms with E-state index >= 15 is 0 Å². The van der Waals surface area contributed by atoms with Gasteiger partial charge in [0.15, 0.2) is 12.3 Å². The van der Waals surface area contributed by atoms with Crippen LogP contribution in [0.25, 0.3) is 0 Å². The molecule has 1 aromatic rings. The van der Waals surface area contributed by atoms with Crippen molar-refractivity contribution in [1.29, 1.82) is 0 Å². The van der Waals surface area contributed by atoms with Gasteiger partial charge in [-0.15, -0.1) is 0 Å². The number of carbonyl (C=O) groups is 2. The molecule has 0 saturated carbocycles. The third-order valence-electron chi connectivity index (χ3n) is 2.97. The van der Waals surface area contributed by atoms with Crippen LogP contribution < -0.4 is 0 Å². The van der Waals surface area contributed by atoms with Crippen molar-refractivity contribution in [2.24, 2.45) is 0 Å². The molecule has 1 heterocycles. The van der Waals surface area contributed by atoms with Crippen molar-refractivity contribution in [2.75, 3.05) is 13.7 Å². The molecule has 1 saturated heterocycles. The van der Waals surface area contributed by atoms with Crippen molar-refractivity contribution in [3.8, 4) is 0 Å². The Kier molecular flexibility index (Phi) is 3.71. The van der Waals surface area contributed by atoms with E-state index in [1.807, 2.05) is 0 Å². The van der Waals surface area contributed by atoms with Crippen molar-refractivity contribution in [2.45, 2.75) is 12.6 Å². The predicted octanol–water partition coefficient (Wildman–Crippen LogP) is 2.79. The molecule has 1 atom stereocenters. The molecule has 19 heavy (non-hydrogen) atoms. The fourth-order valence-corrected chi connectivity index (χ4v) is 2.45. The van der Waals surface area contributed by atoms with Crippen LogP contribution in [0.15, 0.2) is 18.2 Å². The molecule has 0 aliphatic carbocycles. The highest BCUT2D eigenvalue weighted by Crippen LogP contribution is 2.35. The summed E-state index contributed by atoms with van der Waals surface area (Å²) in [4.78, 5) is 24.3. The second kappa shape index (κ2) is 5.00. The molecular weight excluding hydrogens is 293 g/mol. The Morgan fingerprint density at radius 1 is 1.26 bits per heavy atom. The first-order chi connectivity index (χ1) is 8.88. The Hall–Kier alpha value is -1.30. The fraction of sp³-hybridized carbons (Fsp3) is 0.333. The first-order valence-corrected chi connectivity index (χ1v) is 6.15. The zero-order valence-electron chi connectivity index (χ0n) is 10.3. The number of nitrogens with zero attached hydrogens (tertiary/aromatic N) is 1. The number of rotatable bonds is 3. The SMILES string of the molecule is COC(C)(c1cc(Cl)cc(Cl)c1)N1C(=O)COC1=O. The normalized spacial score (nSPS) is 18.4. The molecule has 0 N–H and O–H groups in total. The summed E-state index contributed by atoms with van der Waals surface area (Å²) in [5, 5.41) is 0.761. The van der Waals surface area contributed by atoms with Crippen molar-refractivity contribution >= 4 is 35.2 Å². The topological polar surface area (TPSA) is 55.8 Å². The second-order valence-corrected chi connectivity index (χ2v) is 5.00. The number of hydrogen-bond donors (Lipinski definition) is 0. The number of imide groups is 1. The number of amides is 2. The van der Waals surface area contributed by atoms with Crippen LogP contribution in [0, 0.1) is 0 Å². The van der Waals surface area contributed by atoms with Gasteiger partial charge in [0.05, 0.1) is 0 Å². The van der Waals surface area contributed by atoms with E-state index in [0.717, 1.165) is 4.90 Å². The Balaban J connectivity index is 2.52. The Bertz CT molecular complexity index is 512. The van der Waals surface area contributed by atoms with Gasteiger partial charge in [0.25, 0.3) is 5.91 Å². The first kappa shape index (κ1) is 14.1. The summed E-state index contributed by atoms with van der Waals surface area (Å²) in [6.45, 7) is 1.27. The standard InChI is InChI=1S/C12H11Cl2NO4/c1-12(18-2,15-10(16)6-19-11(15)17)7-3-8(13)5-9(14)4-7/h3-5H,6H2,1-2H3. The minimum atomic E-state index is -1.32. The lowest BCUT2D eigenvalue weighted by Gasteiger charge is -2.34. The highest BCUT2D eigenvalue weighted by Gasteiger charge is 2.46. The van der Waals surface area contributed by atoms with Gasteiger partial charge >= 0.3 is 6.09 Å². The van der Waals surface area contributed by atoms with E-state index in [2.05, 4.69) is 0 Å². The monoisotopic (exact) mass is 303 g/mol. The van der Waals surface area contributed by atoms with Crippen LogP contribution in [0.2, 0.25) is 10.0 Å². The molecule has 0 bridgehead atoms. The Morgan fingerprint density at radius 2 is 1.84 bits per heavy atom. The largest absolute Gasteiger partial charge is 0.439 e. The van der Waals surface area contributed by atoms with Gasteiger partial charge in [-0.05, 0) is 25.1 Å². The lowest BCUT2D eigenvalue weighted by molar-refractivity contribution is -0.150. The molecular formula is C12H11Cl2NO4. The summed E-state index contributed by atoms with van der Waals surface area (Å²) >= 11 is 11.9. The van der Waals surface area contributed by atoms with E-state index in [9.17, 15) is 9.59 Å². The number of halogens is 2. The van der Waals surface area contributed by atoms with Crippen molar-refractivity contribution < 1.29 is 19.1 Å². The lowest BCUT2D eigenvalue weighted by Crippen LogP contribution is -2.48. The molecule has 1 aromatic carbocycles. The smallest absolute Gasteiger partial charge is 0.419 e. The van der Waals surface area contributed by atoms with Gasteiger partial charge in [0, 0.05) is 22.7 Å². The van der Waals surface area contributed by atoms with Crippen LogP contribution in [-0.4, -0.2) is 30.6 Å². The summed E-state index contributed by atoms with van der Waals surface area (Å²) < 4.78 is 10.0. The van der Waals surface area contributed by atoms with Crippen LogP contribution in [0.1, 0.15) is 12.5 Å². The van der Waals surface area contributed by atoms with Crippen LogP contribution >= 0.6 is 23.2 Å². The van der Waals surface area contributed by atoms with Crippen molar-refractivity contribution in [3.63, 3.8) is 0 Å². The van der Waals surface area contributed by atoms with E-state index in [0.29, 0.717) is 15.6 Å². The van der Waals surface area contributed by atoms with Gasteiger partial charge in [-0.1, -0.05) is 23.2 Å². The molecule has 0 aromatic heterocycles. The average molecular weight is 304 g/mol. The van der Waals surface area contributed by atoms with E-state index < -0.39 is 17.7 Å². The Morgan fingerprint density at radius 3 is 2.26 bits per heavy atom. The van der Waals surface area contributed by atoms with Gasteiger partial charge in [-0.3, -0.25) is 4.79 Å². The van der Waals surface area contributed by atoms with Crippen molar-refractivity contribution in [3.05, 3.63) is 33.8 Å². The van der Waals surface area contributed by atoms with Gasteiger partial charge < -0.3 is 9.47 Å². The lowest BCUT2D eigenvalue weighted by atomic mass is 10.0. The highest BCUT2D eigenvalue weighted by molar-refractivity contribution is 6.34. The third kappa shape index (κ3) is 2.41. The highest BCUT2D eigenvalue weighted by atomic mass is 35.5. The van der Waals surface area contributed by atoms with Crippen LogP contribution in [-0.2, 0) is 20.0 Å². The minimum absolute atomic E-state index is 0.300. The quantitative estimate of drug-likeness (QED) is 0.861.